The van der Waals surface area contributed by atoms with Crippen molar-refractivity contribution in [3.8, 4) is 0 Å². The van der Waals surface area contributed by atoms with E-state index in [-0.39, 0.29) is 5.97 Å². The minimum Gasteiger partial charge on any atom is -0.462 e. The Morgan fingerprint density at radius 1 is 1.33 bits per heavy atom. The van der Waals surface area contributed by atoms with Gasteiger partial charge >= 0.3 is 5.97 Å². The van der Waals surface area contributed by atoms with E-state index in [1.807, 2.05) is 13.8 Å². The zero-order valence-corrected chi connectivity index (χ0v) is 16.2. The van der Waals surface area contributed by atoms with Gasteiger partial charge < -0.3 is 9.64 Å². The van der Waals surface area contributed by atoms with Gasteiger partial charge in [0.05, 0.1) is 13.2 Å². The van der Waals surface area contributed by atoms with Crippen molar-refractivity contribution in [2.75, 3.05) is 24.6 Å². The van der Waals surface area contributed by atoms with Crippen molar-refractivity contribution >= 4 is 17.4 Å². The van der Waals surface area contributed by atoms with E-state index in [0.29, 0.717) is 24.4 Å². The van der Waals surface area contributed by atoms with Crippen molar-refractivity contribution in [1.29, 1.82) is 0 Å². The van der Waals surface area contributed by atoms with E-state index in [1.54, 1.807) is 17.8 Å². The predicted octanol–water partition coefficient (Wildman–Crippen LogP) is 3.30. The molecule has 4 rings (SSSR count). The van der Waals surface area contributed by atoms with E-state index < -0.39 is 0 Å². The predicted molar refractivity (Wildman–Crippen MR) is 105 cm³/mol. The average molecular weight is 366 g/mol. The van der Waals surface area contributed by atoms with Crippen LogP contribution in [0.2, 0.25) is 0 Å². The molecular formula is C21H26N4O2. The van der Waals surface area contributed by atoms with Gasteiger partial charge in [0.2, 0.25) is 0 Å². The first-order chi connectivity index (χ1) is 13.0. The van der Waals surface area contributed by atoms with Crippen LogP contribution in [0.3, 0.4) is 0 Å². The molecule has 2 aliphatic rings. The van der Waals surface area contributed by atoms with Crippen LogP contribution in [0, 0.1) is 18.8 Å². The van der Waals surface area contributed by atoms with Gasteiger partial charge in [-0.2, -0.15) is 5.10 Å². The molecule has 0 amide bonds. The standard InChI is InChI=1S/C21H26N4O2/c1-5-27-21(26)18-12-25(23-20(18)13(2)3)11-15-6-7-19(22-14(15)4)24-9-16-8-17(16)10-24/h6-7,12,16-17H,2,5,8-11H2,1,3-4H3. The Morgan fingerprint density at radius 2 is 2.07 bits per heavy atom. The molecule has 27 heavy (non-hydrogen) atoms. The second-order valence-electron chi connectivity index (χ2n) is 7.66. The third kappa shape index (κ3) is 3.48. The summed E-state index contributed by atoms with van der Waals surface area (Å²) in [6.45, 7) is 12.8. The smallest absolute Gasteiger partial charge is 0.341 e. The lowest BCUT2D eigenvalue weighted by Crippen LogP contribution is -2.23. The number of piperidine rings is 1. The number of esters is 1. The third-order valence-electron chi connectivity index (χ3n) is 5.48. The number of rotatable bonds is 6. The van der Waals surface area contributed by atoms with Crippen molar-refractivity contribution in [2.45, 2.75) is 33.7 Å². The van der Waals surface area contributed by atoms with Gasteiger partial charge in [0.15, 0.2) is 0 Å². The van der Waals surface area contributed by atoms with Gasteiger partial charge in [-0.05, 0) is 56.2 Å². The van der Waals surface area contributed by atoms with Gasteiger partial charge in [-0.15, -0.1) is 0 Å². The quantitative estimate of drug-likeness (QED) is 0.734. The number of anilines is 1. The number of hydrogen-bond acceptors (Lipinski definition) is 5. The highest BCUT2D eigenvalue weighted by atomic mass is 16.5. The summed E-state index contributed by atoms with van der Waals surface area (Å²) in [6.07, 6.45) is 3.13. The summed E-state index contributed by atoms with van der Waals surface area (Å²) < 4.78 is 6.91. The average Bonchev–Trinajstić information content (AvgIpc) is 3.05. The molecule has 1 saturated carbocycles. The van der Waals surface area contributed by atoms with Crippen molar-refractivity contribution < 1.29 is 9.53 Å². The number of aryl methyl sites for hydroxylation is 1. The van der Waals surface area contributed by atoms with Crippen LogP contribution in [0.1, 0.15) is 47.6 Å². The Bertz CT molecular complexity index is 892. The molecule has 3 heterocycles. The first kappa shape index (κ1) is 17.8. The molecule has 1 aliphatic carbocycles. The molecule has 6 heteroatoms. The lowest BCUT2D eigenvalue weighted by Gasteiger charge is -2.20. The van der Waals surface area contributed by atoms with Crippen molar-refractivity contribution in [1.82, 2.24) is 14.8 Å². The molecule has 0 radical (unpaired) electrons. The molecule has 0 N–H and O–H groups in total. The number of allylic oxidation sites excluding steroid dienone is 1. The first-order valence-electron chi connectivity index (χ1n) is 9.58. The fourth-order valence-corrected chi connectivity index (χ4v) is 3.86. The molecule has 0 spiro atoms. The minimum absolute atomic E-state index is 0.336. The van der Waals surface area contributed by atoms with Crippen LogP contribution in [0.15, 0.2) is 24.9 Å². The van der Waals surface area contributed by atoms with Gasteiger partial charge in [-0.3, -0.25) is 4.68 Å². The van der Waals surface area contributed by atoms with Crippen molar-refractivity contribution in [3.63, 3.8) is 0 Å². The molecule has 0 bridgehead atoms. The molecule has 0 aromatic carbocycles. The summed E-state index contributed by atoms with van der Waals surface area (Å²) in [5.74, 6) is 2.48. The van der Waals surface area contributed by atoms with Crippen LogP contribution in [0.25, 0.3) is 5.57 Å². The maximum atomic E-state index is 12.2. The van der Waals surface area contributed by atoms with Gasteiger partial charge in [0.25, 0.3) is 0 Å². The normalized spacial score (nSPS) is 20.5. The monoisotopic (exact) mass is 366 g/mol. The highest BCUT2D eigenvalue weighted by Crippen LogP contribution is 2.45. The maximum Gasteiger partial charge on any atom is 0.341 e. The Balaban J connectivity index is 1.54. The van der Waals surface area contributed by atoms with Crippen molar-refractivity contribution in [2.24, 2.45) is 11.8 Å². The van der Waals surface area contributed by atoms with Gasteiger partial charge in [0.1, 0.15) is 17.1 Å². The Morgan fingerprint density at radius 3 is 2.70 bits per heavy atom. The van der Waals surface area contributed by atoms with Crippen LogP contribution < -0.4 is 4.90 Å². The number of nitrogens with zero attached hydrogens (tertiary/aromatic N) is 4. The third-order valence-corrected chi connectivity index (χ3v) is 5.48. The van der Waals surface area contributed by atoms with Crippen LogP contribution in [-0.2, 0) is 11.3 Å². The molecular weight excluding hydrogens is 340 g/mol. The van der Waals surface area contributed by atoms with E-state index in [9.17, 15) is 4.79 Å². The molecule has 142 valence electrons. The number of ether oxygens (including phenoxy) is 1. The Hall–Kier alpha value is -2.63. The fraction of sp³-hybridized carbons (Fsp3) is 0.476. The SMILES string of the molecule is C=C(C)c1nn(Cc2ccc(N3CC4CC4C3)nc2C)cc1C(=O)OCC. The summed E-state index contributed by atoms with van der Waals surface area (Å²) in [6, 6.07) is 4.22. The number of hydrogen-bond donors (Lipinski definition) is 0. The second kappa shape index (κ2) is 6.83. The van der Waals surface area contributed by atoms with Gasteiger partial charge in [0, 0.05) is 25.0 Å². The molecule has 2 fully saturated rings. The van der Waals surface area contributed by atoms with E-state index in [0.717, 1.165) is 47.6 Å². The number of aromatic nitrogens is 3. The molecule has 2 aromatic rings. The van der Waals surface area contributed by atoms with Crippen molar-refractivity contribution in [3.05, 3.63) is 47.4 Å². The second-order valence-corrected chi connectivity index (χ2v) is 7.66. The zero-order valence-electron chi connectivity index (χ0n) is 16.2. The first-order valence-corrected chi connectivity index (χ1v) is 9.58. The molecule has 1 saturated heterocycles. The summed E-state index contributed by atoms with van der Waals surface area (Å²) in [4.78, 5) is 19.4. The largest absolute Gasteiger partial charge is 0.462 e. The van der Waals surface area contributed by atoms with E-state index in [2.05, 4.69) is 28.7 Å². The van der Waals surface area contributed by atoms with Crippen LogP contribution in [0.4, 0.5) is 5.82 Å². The number of fused-ring (bicyclic) bond motifs is 1. The lowest BCUT2D eigenvalue weighted by atomic mass is 10.1. The zero-order chi connectivity index (χ0) is 19.1. The summed E-state index contributed by atoms with van der Waals surface area (Å²) in [5, 5.41) is 4.54. The summed E-state index contributed by atoms with van der Waals surface area (Å²) in [5.41, 5.74) is 3.89. The Kier molecular flexibility index (Phi) is 4.50. The van der Waals surface area contributed by atoms with Crippen LogP contribution in [-0.4, -0.2) is 40.4 Å². The topological polar surface area (TPSA) is 60.2 Å². The number of pyridine rings is 1. The van der Waals surface area contributed by atoms with E-state index in [1.165, 1.54) is 6.42 Å². The summed E-state index contributed by atoms with van der Waals surface area (Å²) >= 11 is 0. The Labute approximate surface area is 159 Å². The lowest BCUT2D eigenvalue weighted by molar-refractivity contribution is 0.0526. The molecule has 2 unspecified atom stereocenters. The summed E-state index contributed by atoms with van der Waals surface area (Å²) in [7, 11) is 0. The molecule has 2 aromatic heterocycles. The molecule has 2 atom stereocenters. The minimum atomic E-state index is -0.362. The van der Waals surface area contributed by atoms with Gasteiger partial charge in [-0.25, -0.2) is 9.78 Å². The van der Waals surface area contributed by atoms with E-state index in [4.69, 9.17) is 9.72 Å². The molecule has 1 aliphatic heterocycles. The highest BCUT2D eigenvalue weighted by molar-refractivity contribution is 5.94. The highest BCUT2D eigenvalue weighted by Gasteiger charge is 2.45. The van der Waals surface area contributed by atoms with Gasteiger partial charge in [-0.1, -0.05) is 12.6 Å². The molecule has 6 nitrogen and oxygen atoms in total. The number of carbonyl (C=O) groups is 1. The van der Waals surface area contributed by atoms with E-state index >= 15 is 0 Å². The maximum absolute atomic E-state index is 12.2. The number of carbonyl (C=O) groups excluding carboxylic acids is 1. The fourth-order valence-electron chi connectivity index (χ4n) is 3.86. The van der Waals surface area contributed by atoms with Crippen LogP contribution >= 0.6 is 0 Å². The van der Waals surface area contributed by atoms with Crippen LogP contribution in [0.5, 0.6) is 0 Å².